The van der Waals surface area contributed by atoms with Gasteiger partial charge in [-0.05, 0) is 50.8 Å². The summed E-state index contributed by atoms with van der Waals surface area (Å²) in [5, 5.41) is 3.40. The maximum Gasteiger partial charge on any atom is 0.327 e. The van der Waals surface area contributed by atoms with Crippen molar-refractivity contribution in [2.45, 2.75) is 43.2 Å². The molecular weight excluding hydrogens is 289 g/mol. The standard InChI is InChI=1S/C16H22FNO2S/c1-11(2)18-16(12-7-8-12,15(19)20-3)10-21-14-6-4-5-13(17)9-14/h4-6,9,11-12,18H,7-8,10H2,1-3H3. The molecule has 0 radical (unpaired) electrons. The quantitative estimate of drug-likeness (QED) is 0.620. The summed E-state index contributed by atoms with van der Waals surface area (Å²) in [5.41, 5.74) is -0.681. The fraction of sp³-hybridized carbons (Fsp3) is 0.562. The summed E-state index contributed by atoms with van der Waals surface area (Å²) in [7, 11) is 1.42. The van der Waals surface area contributed by atoms with Crippen molar-refractivity contribution in [1.82, 2.24) is 5.32 Å². The van der Waals surface area contributed by atoms with Crippen molar-refractivity contribution in [3.63, 3.8) is 0 Å². The summed E-state index contributed by atoms with van der Waals surface area (Å²) in [6, 6.07) is 6.64. The van der Waals surface area contributed by atoms with Crippen molar-refractivity contribution in [2.24, 2.45) is 5.92 Å². The summed E-state index contributed by atoms with van der Waals surface area (Å²) < 4.78 is 18.3. The number of hydrogen-bond acceptors (Lipinski definition) is 4. The van der Waals surface area contributed by atoms with Crippen molar-refractivity contribution in [3.05, 3.63) is 30.1 Å². The van der Waals surface area contributed by atoms with Gasteiger partial charge < -0.3 is 4.74 Å². The molecule has 116 valence electrons. The number of ether oxygens (including phenoxy) is 1. The third-order valence-electron chi connectivity index (χ3n) is 3.63. The van der Waals surface area contributed by atoms with Crippen LogP contribution in [0.15, 0.2) is 29.2 Å². The van der Waals surface area contributed by atoms with Gasteiger partial charge in [0, 0.05) is 16.7 Å². The predicted molar refractivity (Wildman–Crippen MR) is 82.9 cm³/mol. The fourth-order valence-corrected chi connectivity index (χ4v) is 3.79. The van der Waals surface area contributed by atoms with Gasteiger partial charge in [0.15, 0.2) is 0 Å². The molecule has 3 nitrogen and oxygen atoms in total. The molecule has 0 amide bonds. The van der Waals surface area contributed by atoms with E-state index in [0.29, 0.717) is 11.7 Å². The lowest BCUT2D eigenvalue weighted by molar-refractivity contribution is -0.148. The molecule has 5 heteroatoms. The topological polar surface area (TPSA) is 38.3 Å². The number of carbonyl (C=O) groups excluding carboxylic acids is 1. The number of carbonyl (C=O) groups is 1. The zero-order chi connectivity index (χ0) is 15.5. The number of nitrogens with one attached hydrogen (secondary N) is 1. The minimum atomic E-state index is -0.681. The van der Waals surface area contributed by atoms with E-state index in [-0.39, 0.29) is 17.8 Å². The number of halogens is 1. The molecule has 0 aromatic heterocycles. The number of benzene rings is 1. The average Bonchev–Trinajstić information content (AvgIpc) is 3.27. The Labute approximate surface area is 129 Å². The Balaban J connectivity index is 2.16. The Hall–Kier alpha value is -1.07. The monoisotopic (exact) mass is 311 g/mol. The molecule has 1 atom stereocenters. The van der Waals surface area contributed by atoms with Gasteiger partial charge in [-0.15, -0.1) is 11.8 Å². The Morgan fingerprint density at radius 2 is 2.24 bits per heavy atom. The van der Waals surface area contributed by atoms with Gasteiger partial charge in [-0.1, -0.05) is 6.07 Å². The summed E-state index contributed by atoms with van der Waals surface area (Å²) in [6.45, 7) is 4.04. The second kappa shape index (κ2) is 6.79. The maximum absolute atomic E-state index is 13.3. The van der Waals surface area contributed by atoms with Crippen LogP contribution in [0.4, 0.5) is 4.39 Å². The molecule has 1 fully saturated rings. The Morgan fingerprint density at radius 3 is 2.76 bits per heavy atom. The van der Waals surface area contributed by atoms with Gasteiger partial charge in [-0.25, -0.2) is 4.39 Å². The van der Waals surface area contributed by atoms with Gasteiger partial charge in [0.05, 0.1) is 7.11 Å². The first-order valence-corrected chi connectivity index (χ1v) is 8.21. The van der Waals surface area contributed by atoms with E-state index in [1.165, 1.54) is 31.0 Å². The molecular formula is C16H22FNO2S. The second-order valence-electron chi connectivity index (χ2n) is 5.78. The van der Waals surface area contributed by atoms with Crippen LogP contribution in [0.1, 0.15) is 26.7 Å². The number of esters is 1. The Bertz CT molecular complexity index is 505. The van der Waals surface area contributed by atoms with Crippen LogP contribution in [0.2, 0.25) is 0 Å². The highest BCUT2D eigenvalue weighted by molar-refractivity contribution is 7.99. The molecule has 0 aliphatic heterocycles. The van der Waals surface area contributed by atoms with E-state index < -0.39 is 5.54 Å². The van der Waals surface area contributed by atoms with E-state index in [1.807, 2.05) is 19.9 Å². The summed E-state index contributed by atoms with van der Waals surface area (Å²) in [4.78, 5) is 13.2. The first kappa shape index (κ1) is 16.3. The normalized spacial score (nSPS) is 17.6. The van der Waals surface area contributed by atoms with E-state index in [4.69, 9.17) is 4.74 Å². The lowest BCUT2D eigenvalue weighted by Gasteiger charge is -2.34. The minimum absolute atomic E-state index is 0.179. The summed E-state index contributed by atoms with van der Waals surface area (Å²) in [5.74, 6) is 0.370. The van der Waals surface area contributed by atoms with Crippen LogP contribution in [0.25, 0.3) is 0 Å². The fourth-order valence-electron chi connectivity index (χ4n) is 2.59. The molecule has 0 spiro atoms. The number of rotatable bonds is 7. The van der Waals surface area contributed by atoms with Gasteiger partial charge in [-0.3, -0.25) is 10.1 Å². The number of hydrogen-bond donors (Lipinski definition) is 1. The highest BCUT2D eigenvalue weighted by Crippen LogP contribution is 2.43. The molecule has 1 aromatic rings. The van der Waals surface area contributed by atoms with Gasteiger partial charge in [-0.2, -0.15) is 0 Å². The molecule has 1 aliphatic carbocycles. The molecule has 1 aromatic carbocycles. The molecule has 1 N–H and O–H groups in total. The van der Waals surface area contributed by atoms with Crippen LogP contribution < -0.4 is 5.32 Å². The van der Waals surface area contributed by atoms with E-state index in [2.05, 4.69) is 5.32 Å². The van der Waals surface area contributed by atoms with Crippen molar-refractivity contribution in [1.29, 1.82) is 0 Å². The van der Waals surface area contributed by atoms with Crippen molar-refractivity contribution >= 4 is 17.7 Å². The van der Waals surface area contributed by atoms with E-state index >= 15 is 0 Å². The van der Waals surface area contributed by atoms with E-state index in [9.17, 15) is 9.18 Å². The third-order valence-corrected chi connectivity index (χ3v) is 4.82. The molecule has 0 heterocycles. The van der Waals surface area contributed by atoms with Crippen LogP contribution >= 0.6 is 11.8 Å². The molecule has 1 saturated carbocycles. The molecule has 1 unspecified atom stereocenters. The summed E-state index contributed by atoms with van der Waals surface area (Å²) in [6.07, 6.45) is 2.05. The highest BCUT2D eigenvalue weighted by Gasteiger charge is 2.52. The third kappa shape index (κ3) is 3.98. The number of methoxy groups -OCH3 is 1. The van der Waals surface area contributed by atoms with Crippen molar-refractivity contribution in [3.8, 4) is 0 Å². The van der Waals surface area contributed by atoms with Gasteiger partial charge in [0.25, 0.3) is 0 Å². The van der Waals surface area contributed by atoms with E-state index in [1.54, 1.807) is 6.07 Å². The van der Waals surface area contributed by atoms with Crippen LogP contribution in [0, 0.1) is 11.7 Å². The minimum Gasteiger partial charge on any atom is -0.468 e. The van der Waals surface area contributed by atoms with Crippen LogP contribution in [-0.4, -0.2) is 30.4 Å². The first-order chi connectivity index (χ1) is 9.98. The van der Waals surface area contributed by atoms with Crippen LogP contribution in [-0.2, 0) is 9.53 Å². The van der Waals surface area contributed by atoms with Gasteiger partial charge in [0.2, 0.25) is 0 Å². The molecule has 1 aliphatic rings. The average molecular weight is 311 g/mol. The van der Waals surface area contributed by atoms with Gasteiger partial charge in [0.1, 0.15) is 11.4 Å². The molecule has 2 rings (SSSR count). The smallest absolute Gasteiger partial charge is 0.327 e. The SMILES string of the molecule is COC(=O)C(CSc1cccc(F)c1)(NC(C)C)C1CC1. The second-order valence-corrected chi connectivity index (χ2v) is 6.83. The zero-order valence-electron chi connectivity index (χ0n) is 12.7. The maximum atomic E-state index is 13.3. The lowest BCUT2D eigenvalue weighted by atomic mass is 9.94. The zero-order valence-corrected chi connectivity index (χ0v) is 13.5. The first-order valence-electron chi connectivity index (χ1n) is 7.22. The largest absolute Gasteiger partial charge is 0.468 e. The van der Waals surface area contributed by atoms with E-state index in [0.717, 1.165) is 17.7 Å². The molecule has 0 bridgehead atoms. The Kier molecular flexibility index (Phi) is 5.27. The molecule has 0 saturated heterocycles. The highest BCUT2D eigenvalue weighted by atomic mass is 32.2. The number of thioether (sulfide) groups is 1. The molecule has 21 heavy (non-hydrogen) atoms. The van der Waals surface area contributed by atoms with Crippen molar-refractivity contribution in [2.75, 3.05) is 12.9 Å². The van der Waals surface area contributed by atoms with Crippen LogP contribution in [0.5, 0.6) is 0 Å². The lowest BCUT2D eigenvalue weighted by Crippen LogP contribution is -2.59. The van der Waals surface area contributed by atoms with Crippen molar-refractivity contribution < 1.29 is 13.9 Å². The van der Waals surface area contributed by atoms with Gasteiger partial charge >= 0.3 is 5.97 Å². The van der Waals surface area contributed by atoms with Crippen LogP contribution in [0.3, 0.4) is 0 Å². The summed E-state index contributed by atoms with van der Waals surface area (Å²) >= 11 is 1.49. The Morgan fingerprint density at radius 1 is 1.52 bits per heavy atom. The predicted octanol–water partition coefficient (Wildman–Crippen LogP) is 3.24.